The van der Waals surface area contributed by atoms with Crippen LogP contribution in [0.15, 0.2) is 29.2 Å². The van der Waals surface area contributed by atoms with Gasteiger partial charge in [-0.05, 0) is 44.4 Å². The SMILES string of the molecule is CSc1ccc(C(=O)Nc2c(C)n[nH]c2C)cc1. The number of benzene rings is 1. The van der Waals surface area contributed by atoms with Gasteiger partial charge >= 0.3 is 0 Å². The summed E-state index contributed by atoms with van der Waals surface area (Å²) in [6.07, 6.45) is 2.01. The summed E-state index contributed by atoms with van der Waals surface area (Å²) in [5.41, 5.74) is 3.06. The van der Waals surface area contributed by atoms with Crippen LogP contribution < -0.4 is 5.32 Å². The minimum Gasteiger partial charge on any atom is -0.319 e. The molecule has 0 spiro atoms. The van der Waals surface area contributed by atoms with Crippen molar-refractivity contribution < 1.29 is 4.79 Å². The smallest absolute Gasteiger partial charge is 0.255 e. The number of H-pyrrole nitrogens is 1. The second-order valence-corrected chi connectivity index (χ2v) is 4.87. The lowest BCUT2D eigenvalue weighted by atomic mass is 10.2. The normalized spacial score (nSPS) is 10.4. The molecule has 1 amide bonds. The van der Waals surface area contributed by atoms with Crippen molar-refractivity contribution in [3.8, 4) is 0 Å². The molecule has 0 aliphatic carbocycles. The zero-order valence-corrected chi connectivity index (χ0v) is 11.4. The van der Waals surface area contributed by atoms with E-state index in [1.54, 1.807) is 11.8 Å². The van der Waals surface area contributed by atoms with Gasteiger partial charge in [0.25, 0.3) is 5.91 Å². The summed E-state index contributed by atoms with van der Waals surface area (Å²) >= 11 is 1.65. The van der Waals surface area contributed by atoms with Crippen LogP contribution in [-0.2, 0) is 0 Å². The molecule has 4 nitrogen and oxygen atoms in total. The van der Waals surface area contributed by atoms with Crippen molar-refractivity contribution in [3.63, 3.8) is 0 Å². The molecule has 2 aromatic rings. The van der Waals surface area contributed by atoms with E-state index in [1.807, 2.05) is 44.4 Å². The molecule has 0 aliphatic heterocycles. The molecule has 2 N–H and O–H groups in total. The van der Waals surface area contributed by atoms with E-state index in [4.69, 9.17) is 0 Å². The fraction of sp³-hybridized carbons (Fsp3) is 0.231. The number of aromatic amines is 1. The number of thioether (sulfide) groups is 1. The second kappa shape index (κ2) is 5.27. The maximum atomic E-state index is 12.1. The largest absolute Gasteiger partial charge is 0.319 e. The first-order valence-electron chi connectivity index (χ1n) is 5.59. The molecule has 1 aromatic heterocycles. The Morgan fingerprint density at radius 2 is 1.94 bits per heavy atom. The van der Waals surface area contributed by atoms with E-state index in [0.29, 0.717) is 5.56 Å². The van der Waals surface area contributed by atoms with Crippen molar-refractivity contribution in [2.24, 2.45) is 0 Å². The fourth-order valence-electron chi connectivity index (χ4n) is 1.66. The third kappa shape index (κ3) is 2.56. The van der Waals surface area contributed by atoms with Gasteiger partial charge in [-0.25, -0.2) is 0 Å². The van der Waals surface area contributed by atoms with Gasteiger partial charge in [-0.3, -0.25) is 9.89 Å². The summed E-state index contributed by atoms with van der Waals surface area (Å²) in [5.74, 6) is -0.116. The Kier molecular flexibility index (Phi) is 3.72. The van der Waals surface area contributed by atoms with Gasteiger partial charge in [-0.15, -0.1) is 11.8 Å². The Bertz CT molecular complexity index is 541. The molecule has 0 bridgehead atoms. The summed E-state index contributed by atoms with van der Waals surface area (Å²) in [4.78, 5) is 13.2. The van der Waals surface area contributed by atoms with E-state index >= 15 is 0 Å². The van der Waals surface area contributed by atoms with Crippen LogP contribution in [0.4, 0.5) is 5.69 Å². The van der Waals surface area contributed by atoms with E-state index in [-0.39, 0.29) is 5.91 Å². The highest BCUT2D eigenvalue weighted by Crippen LogP contribution is 2.19. The first-order valence-corrected chi connectivity index (χ1v) is 6.81. The van der Waals surface area contributed by atoms with E-state index in [2.05, 4.69) is 15.5 Å². The third-order valence-corrected chi connectivity index (χ3v) is 3.46. The van der Waals surface area contributed by atoms with Crippen LogP contribution in [0.2, 0.25) is 0 Å². The monoisotopic (exact) mass is 261 g/mol. The van der Waals surface area contributed by atoms with Gasteiger partial charge in [0.1, 0.15) is 0 Å². The van der Waals surface area contributed by atoms with Crippen molar-refractivity contribution in [3.05, 3.63) is 41.2 Å². The Morgan fingerprint density at radius 3 is 2.44 bits per heavy atom. The van der Waals surface area contributed by atoms with E-state index in [0.717, 1.165) is 22.0 Å². The highest BCUT2D eigenvalue weighted by Gasteiger charge is 2.11. The summed E-state index contributed by atoms with van der Waals surface area (Å²) in [6.45, 7) is 3.74. The standard InChI is InChI=1S/C13H15N3OS/c1-8-12(9(2)16-15-8)14-13(17)10-4-6-11(18-3)7-5-10/h4-7H,1-3H3,(H,14,17)(H,15,16). The number of amides is 1. The fourth-order valence-corrected chi connectivity index (χ4v) is 2.07. The number of rotatable bonds is 3. The van der Waals surface area contributed by atoms with Gasteiger partial charge in [0.05, 0.1) is 17.1 Å². The molecule has 0 saturated heterocycles. The topological polar surface area (TPSA) is 57.8 Å². The Morgan fingerprint density at radius 1 is 1.28 bits per heavy atom. The number of aromatic nitrogens is 2. The predicted molar refractivity (Wildman–Crippen MR) is 74.2 cm³/mol. The van der Waals surface area contributed by atoms with Gasteiger partial charge in [0, 0.05) is 10.5 Å². The van der Waals surface area contributed by atoms with Gasteiger partial charge in [0.2, 0.25) is 0 Å². The Hall–Kier alpha value is -1.75. The molecular formula is C13H15N3OS. The lowest BCUT2D eigenvalue weighted by Gasteiger charge is -2.05. The lowest BCUT2D eigenvalue weighted by Crippen LogP contribution is -2.12. The summed E-state index contributed by atoms with van der Waals surface area (Å²) < 4.78 is 0. The maximum Gasteiger partial charge on any atom is 0.255 e. The summed E-state index contributed by atoms with van der Waals surface area (Å²) in [6, 6.07) is 7.53. The molecule has 1 heterocycles. The average molecular weight is 261 g/mol. The van der Waals surface area contributed by atoms with Crippen LogP contribution in [0, 0.1) is 13.8 Å². The predicted octanol–water partition coefficient (Wildman–Crippen LogP) is 3.00. The van der Waals surface area contributed by atoms with Crippen molar-refractivity contribution in [2.45, 2.75) is 18.7 Å². The van der Waals surface area contributed by atoms with Gasteiger partial charge in [0.15, 0.2) is 0 Å². The van der Waals surface area contributed by atoms with Crippen LogP contribution in [0.3, 0.4) is 0 Å². The van der Waals surface area contributed by atoms with Crippen molar-refractivity contribution in [2.75, 3.05) is 11.6 Å². The minimum atomic E-state index is -0.116. The molecule has 0 aliphatic rings. The molecule has 0 atom stereocenters. The zero-order valence-electron chi connectivity index (χ0n) is 10.6. The van der Waals surface area contributed by atoms with Gasteiger partial charge in [-0.1, -0.05) is 0 Å². The third-order valence-electron chi connectivity index (χ3n) is 2.72. The molecule has 94 valence electrons. The first kappa shape index (κ1) is 12.7. The first-order chi connectivity index (χ1) is 8.61. The highest BCUT2D eigenvalue weighted by molar-refractivity contribution is 7.98. The van der Waals surface area contributed by atoms with Crippen LogP contribution in [0.5, 0.6) is 0 Å². The Labute approximate surface area is 110 Å². The maximum absolute atomic E-state index is 12.1. The van der Waals surface area contributed by atoms with E-state index in [9.17, 15) is 4.79 Å². The second-order valence-electron chi connectivity index (χ2n) is 3.99. The Balaban J connectivity index is 2.17. The number of hydrogen-bond acceptors (Lipinski definition) is 3. The van der Waals surface area contributed by atoms with Crippen LogP contribution in [-0.4, -0.2) is 22.4 Å². The zero-order chi connectivity index (χ0) is 13.1. The van der Waals surface area contributed by atoms with Crippen LogP contribution in [0.25, 0.3) is 0 Å². The molecule has 0 fully saturated rings. The minimum absolute atomic E-state index is 0.116. The number of anilines is 1. The molecular weight excluding hydrogens is 246 g/mol. The molecule has 0 unspecified atom stereocenters. The lowest BCUT2D eigenvalue weighted by molar-refractivity contribution is 0.102. The van der Waals surface area contributed by atoms with Crippen molar-refractivity contribution in [1.82, 2.24) is 10.2 Å². The number of nitrogens with one attached hydrogen (secondary N) is 2. The highest BCUT2D eigenvalue weighted by atomic mass is 32.2. The van der Waals surface area contributed by atoms with E-state index < -0.39 is 0 Å². The van der Waals surface area contributed by atoms with E-state index in [1.165, 1.54) is 0 Å². The molecule has 18 heavy (non-hydrogen) atoms. The van der Waals surface area contributed by atoms with Crippen molar-refractivity contribution in [1.29, 1.82) is 0 Å². The van der Waals surface area contributed by atoms with Gasteiger partial charge < -0.3 is 5.32 Å². The molecule has 5 heteroatoms. The molecule has 1 aromatic carbocycles. The molecule has 2 rings (SSSR count). The average Bonchev–Trinajstić information content (AvgIpc) is 2.70. The van der Waals surface area contributed by atoms with Crippen molar-refractivity contribution >= 4 is 23.4 Å². The summed E-state index contributed by atoms with van der Waals surface area (Å²) in [5, 5.41) is 9.76. The quantitative estimate of drug-likeness (QED) is 0.835. The van der Waals surface area contributed by atoms with Crippen LogP contribution >= 0.6 is 11.8 Å². The number of hydrogen-bond donors (Lipinski definition) is 2. The van der Waals surface area contributed by atoms with Crippen LogP contribution in [0.1, 0.15) is 21.7 Å². The summed E-state index contributed by atoms with van der Waals surface area (Å²) in [7, 11) is 0. The number of carbonyl (C=O) groups excluding carboxylic acids is 1. The molecule has 0 saturated carbocycles. The number of aryl methyl sites for hydroxylation is 2. The molecule has 0 radical (unpaired) electrons. The number of nitrogens with zero attached hydrogens (tertiary/aromatic N) is 1. The van der Waals surface area contributed by atoms with Gasteiger partial charge in [-0.2, -0.15) is 5.10 Å². The number of carbonyl (C=O) groups is 1.